The van der Waals surface area contributed by atoms with E-state index in [4.69, 9.17) is 0 Å². The van der Waals surface area contributed by atoms with Crippen LogP contribution in [0.15, 0.2) is 30.3 Å². The van der Waals surface area contributed by atoms with Crippen molar-refractivity contribution in [3.63, 3.8) is 0 Å². The van der Waals surface area contributed by atoms with E-state index in [-0.39, 0.29) is 5.54 Å². The van der Waals surface area contributed by atoms with Gasteiger partial charge in [0.05, 0.1) is 6.07 Å². The molecule has 100 valence electrons. The zero-order chi connectivity index (χ0) is 13.5. The van der Waals surface area contributed by atoms with E-state index in [1.54, 1.807) is 0 Å². The van der Waals surface area contributed by atoms with Crippen LogP contribution >= 0.6 is 0 Å². The molecule has 3 atom stereocenters. The summed E-state index contributed by atoms with van der Waals surface area (Å²) >= 11 is 0. The number of hydrogen-bond acceptors (Lipinski definition) is 2. The van der Waals surface area contributed by atoms with Crippen LogP contribution in [0.5, 0.6) is 0 Å². The Balaban J connectivity index is 1.94. The third-order valence-electron chi connectivity index (χ3n) is 5.15. The van der Waals surface area contributed by atoms with Crippen molar-refractivity contribution in [2.45, 2.75) is 51.1 Å². The van der Waals surface area contributed by atoms with Gasteiger partial charge in [-0.15, -0.1) is 0 Å². The van der Waals surface area contributed by atoms with Crippen LogP contribution in [0.1, 0.15) is 51.1 Å². The first-order valence-corrected chi connectivity index (χ1v) is 7.32. The normalized spacial score (nSPS) is 35.8. The lowest BCUT2D eigenvalue weighted by atomic mass is 9.72. The van der Waals surface area contributed by atoms with Crippen LogP contribution in [0, 0.1) is 16.7 Å². The van der Waals surface area contributed by atoms with Gasteiger partial charge in [-0.05, 0) is 43.6 Å². The average Bonchev–Trinajstić information content (AvgIpc) is 2.65. The van der Waals surface area contributed by atoms with Gasteiger partial charge in [-0.2, -0.15) is 5.26 Å². The molecule has 3 rings (SSSR count). The molecule has 1 aromatic rings. The Morgan fingerprint density at radius 1 is 1.26 bits per heavy atom. The molecule has 1 aromatic carbocycles. The van der Waals surface area contributed by atoms with Gasteiger partial charge >= 0.3 is 0 Å². The standard InChI is InChI=1S/C17H22N2/c1-14(15-7-4-3-5-8-15)19-13-16(2)9-6-10-17(19,11-16)12-18/h3-5,7-8,14H,6,9-11,13H2,1-2H3/t14-,16+,17-/m1/s1. The number of rotatable bonds is 2. The molecule has 1 aliphatic carbocycles. The van der Waals surface area contributed by atoms with Crippen LogP contribution in [0.2, 0.25) is 0 Å². The van der Waals surface area contributed by atoms with Crippen molar-refractivity contribution in [1.29, 1.82) is 5.26 Å². The molecule has 0 amide bonds. The largest absolute Gasteiger partial charge is 0.278 e. The molecule has 2 aliphatic rings. The van der Waals surface area contributed by atoms with Crippen molar-refractivity contribution in [3.8, 4) is 6.07 Å². The van der Waals surface area contributed by atoms with Crippen LogP contribution in [-0.2, 0) is 0 Å². The van der Waals surface area contributed by atoms with Crippen LogP contribution in [0.4, 0.5) is 0 Å². The second-order valence-corrected chi connectivity index (χ2v) is 6.70. The molecule has 2 bridgehead atoms. The number of likely N-dealkylation sites (tertiary alicyclic amines) is 1. The summed E-state index contributed by atoms with van der Waals surface area (Å²) in [5, 5.41) is 9.76. The molecule has 2 nitrogen and oxygen atoms in total. The molecule has 1 heterocycles. The highest BCUT2D eigenvalue weighted by Gasteiger charge is 2.55. The number of hydrogen-bond donors (Lipinski definition) is 0. The molecule has 2 heteroatoms. The summed E-state index contributed by atoms with van der Waals surface area (Å²) in [7, 11) is 0. The SMILES string of the molecule is C[C@H](c1ccccc1)N1C[C@@]2(C)CCC[C@]1(C#N)C2. The predicted molar refractivity (Wildman–Crippen MR) is 76.5 cm³/mol. The third kappa shape index (κ3) is 1.97. The average molecular weight is 254 g/mol. The van der Waals surface area contributed by atoms with Gasteiger partial charge in [0.1, 0.15) is 5.54 Å². The van der Waals surface area contributed by atoms with Crippen molar-refractivity contribution in [2.75, 3.05) is 6.54 Å². The Kier molecular flexibility index (Phi) is 2.91. The van der Waals surface area contributed by atoms with E-state index in [2.05, 4.69) is 55.1 Å². The summed E-state index contributed by atoms with van der Waals surface area (Å²) in [5.74, 6) is 0. The van der Waals surface area contributed by atoms with E-state index >= 15 is 0 Å². The second kappa shape index (κ2) is 4.35. The van der Waals surface area contributed by atoms with E-state index in [1.807, 2.05) is 0 Å². The first-order chi connectivity index (χ1) is 9.09. The van der Waals surface area contributed by atoms with Crippen molar-refractivity contribution in [1.82, 2.24) is 4.90 Å². The summed E-state index contributed by atoms with van der Waals surface area (Å²) in [6, 6.07) is 13.6. The molecule has 0 spiro atoms. The second-order valence-electron chi connectivity index (χ2n) is 6.70. The van der Waals surface area contributed by atoms with Gasteiger partial charge in [0.2, 0.25) is 0 Å². The minimum Gasteiger partial charge on any atom is -0.278 e. The molecule has 0 unspecified atom stereocenters. The molecular weight excluding hydrogens is 232 g/mol. The van der Waals surface area contributed by atoms with E-state index < -0.39 is 0 Å². The lowest BCUT2D eigenvalue weighted by molar-refractivity contribution is 0.131. The van der Waals surface area contributed by atoms with Gasteiger partial charge in [-0.25, -0.2) is 0 Å². The highest BCUT2D eigenvalue weighted by Crippen LogP contribution is 2.53. The maximum absolute atomic E-state index is 9.76. The van der Waals surface area contributed by atoms with E-state index in [0.29, 0.717) is 11.5 Å². The topological polar surface area (TPSA) is 27.0 Å². The molecule has 1 saturated carbocycles. The fourth-order valence-corrected chi connectivity index (χ4v) is 4.21. The first kappa shape index (κ1) is 12.7. The summed E-state index contributed by atoms with van der Waals surface area (Å²) in [5.41, 5.74) is 1.45. The first-order valence-electron chi connectivity index (χ1n) is 7.32. The summed E-state index contributed by atoms with van der Waals surface area (Å²) in [6.45, 7) is 5.67. The monoisotopic (exact) mass is 254 g/mol. The minimum absolute atomic E-state index is 0.220. The summed E-state index contributed by atoms with van der Waals surface area (Å²) in [6.07, 6.45) is 4.56. The molecule has 2 fully saturated rings. The number of fused-ring (bicyclic) bond motifs is 2. The molecule has 19 heavy (non-hydrogen) atoms. The Morgan fingerprint density at radius 3 is 2.68 bits per heavy atom. The lowest BCUT2D eigenvalue weighted by Gasteiger charge is -2.37. The smallest absolute Gasteiger partial charge is 0.110 e. The highest BCUT2D eigenvalue weighted by molar-refractivity contribution is 5.25. The maximum Gasteiger partial charge on any atom is 0.110 e. The zero-order valence-corrected chi connectivity index (χ0v) is 11.9. The minimum atomic E-state index is -0.220. The number of nitrogens with zero attached hydrogens (tertiary/aromatic N) is 2. The Hall–Kier alpha value is -1.33. The Bertz CT molecular complexity index is 504. The van der Waals surface area contributed by atoms with E-state index in [9.17, 15) is 5.26 Å². The Morgan fingerprint density at radius 2 is 2.00 bits per heavy atom. The Labute approximate surface area is 116 Å². The van der Waals surface area contributed by atoms with Crippen LogP contribution in [-0.4, -0.2) is 17.0 Å². The van der Waals surface area contributed by atoms with Crippen molar-refractivity contribution < 1.29 is 0 Å². The molecular formula is C17H22N2. The van der Waals surface area contributed by atoms with Crippen LogP contribution < -0.4 is 0 Å². The quantitative estimate of drug-likeness (QED) is 0.800. The zero-order valence-electron chi connectivity index (χ0n) is 11.9. The fourth-order valence-electron chi connectivity index (χ4n) is 4.21. The molecule has 1 saturated heterocycles. The van der Waals surface area contributed by atoms with Crippen LogP contribution in [0.25, 0.3) is 0 Å². The van der Waals surface area contributed by atoms with Crippen molar-refractivity contribution in [2.24, 2.45) is 5.41 Å². The van der Waals surface area contributed by atoms with Crippen molar-refractivity contribution in [3.05, 3.63) is 35.9 Å². The van der Waals surface area contributed by atoms with Crippen LogP contribution in [0.3, 0.4) is 0 Å². The van der Waals surface area contributed by atoms with Gasteiger partial charge in [-0.1, -0.05) is 37.3 Å². The number of benzene rings is 1. The predicted octanol–water partition coefficient (Wildman–Crippen LogP) is 3.91. The van der Waals surface area contributed by atoms with Gasteiger partial charge in [0, 0.05) is 12.6 Å². The highest BCUT2D eigenvalue weighted by atomic mass is 15.3. The summed E-state index contributed by atoms with van der Waals surface area (Å²) in [4.78, 5) is 2.47. The van der Waals surface area contributed by atoms with Crippen molar-refractivity contribution >= 4 is 0 Å². The number of nitriles is 1. The van der Waals surface area contributed by atoms with Gasteiger partial charge in [-0.3, -0.25) is 4.90 Å². The van der Waals surface area contributed by atoms with Gasteiger partial charge in [0.25, 0.3) is 0 Å². The molecule has 1 aliphatic heterocycles. The van der Waals surface area contributed by atoms with E-state index in [0.717, 1.165) is 19.4 Å². The lowest BCUT2D eigenvalue weighted by Crippen LogP contribution is -2.44. The third-order valence-corrected chi connectivity index (χ3v) is 5.15. The maximum atomic E-state index is 9.76. The van der Waals surface area contributed by atoms with Gasteiger partial charge in [0.15, 0.2) is 0 Å². The van der Waals surface area contributed by atoms with E-state index in [1.165, 1.54) is 18.4 Å². The molecule has 0 aromatic heterocycles. The fraction of sp³-hybridized carbons (Fsp3) is 0.588. The molecule has 0 radical (unpaired) electrons. The molecule has 0 N–H and O–H groups in total. The van der Waals surface area contributed by atoms with Gasteiger partial charge < -0.3 is 0 Å². The summed E-state index contributed by atoms with van der Waals surface area (Å²) < 4.78 is 0.